The Morgan fingerprint density at radius 1 is 1.10 bits per heavy atom. The van der Waals surface area contributed by atoms with E-state index in [1.54, 1.807) is 32.4 Å². The number of methoxy groups -OCH3 is 2. The van der Waals surface area contributed by atoms with Gasteiger partial charge in [-0.3, -0.25) is 4.79 Å². The molecule has 6 nitrogen and oxygen atoms in total. The third kappa shape index (κ3) is 6.15. The zero-order chi connectivity index (χ0) is 21.2. The molecule has 0 aliphatic carbocycles. The van der Waals surface area contributed by atoms with Crippen LogP contribution in [-0.4, -0.2) is 34.2 Å². The summed E-state index contributed by atoms with van der Waals surface area (Å²) >= 11 is 0. The second kappa shape index (κ2) is 10.6. The summed E-state index contributed by atoms with van der Waals surface area (Å²) < 4.78 is 10.5. The lowest BCUT2D eigenvalue weighted by molar-refractivity contribution is -0.117. The predicted octanol–water partition coefficient (Wildman–Crippen LogP) is 3.55. The van der Waals surface area contributed by atoms with E-state index in [0.29, 0.717) is 11.5 Å². The van der Waals surface area contributed by atoms with Crippen molar-refractivity contribution in [3.8, 4) is 17.6 Å². The Balaban J connectivity index is 2.00. The van der Waals surface area contributed by atoms with Gasteiger partial charge in [-0.1, -0.05) is 30.4 Å². The van der Waals surface area contributed by atoms with Gasteiger partial charge < -0.3 is 19.7 Å². The number of hydrogen-bond acceptors (Lipinski definition) is 5. The fourth-order valence-corrected chi connectivity index (χ4v) is 2.57. The lowest BCUT2D eigenvalue weighted by atomic mass is 10.1. The van der Waals surface area contributed by atoms with Gasteiger partial charge in [-0.05, 0) is 41.5 Å². The molecule has 0 atom stereocenters. The molecule has 2 aromatic rings. The van der Waals surface area contributed by atoms with Gasteiger partial charge in [-0.15, -0.1) is 0 Å². The molecule has 1 N–H and O–H groups in total. The molecule has 1 amide bonds. The minimum absolute atomic E-state index is 0.0339. The molecule has 0 radical (unpaired) electrons. The van der Waals surface area contributed by atoms with Crippen LogP contribution in [-0.2, 0) is 11.3 Å². The molecule has 0 aromatic heterocycles. The van der Waals surface area contributed by atoms with Gasteiger partial charge in [0.15, 0.2) is 11.5 Å². The zero-order valence-electron chi connectivity index (χ0n) is 17.1. The first-order chi connectivity index (χ1) is 14.0. The van der Waals surface area contributed by atoms with E-state index in [1.807, 2.05) is 61.5 Å². The number of anilines is 1. The van der Waals surface area contributed by atoms with Crippen molar-refractivity contribution in [3.05, 3.63) is 71.3 Å². The van der Waals surface area contributed by atoms with E-state index in [4.69, 9.17) is 9.47 Å². The molecule has 6 heteroatoms. The van der Waals surface area contributed by atoms with Gasteiger partial charge >= 0.3 is 0 Å². The summed E-state index contributed by atoms with van der Waals surface area (Å²) in [7, 11) is 7.07. The maximum atomic E-state index is 12.3. The number of hydrogen-bond donors (Lipinski definition) is 1. The van der Waals surface area contributed by atoms with E-state index in [-0.39, 0.29) is 12.1 Å². The van der Waals surface area contributed by atoms with Gasteiger partial charge in [0.2, 0.25) is 0 Å². The maximum absolute atomic E-state index is 12.3. The number of carbonyl (C=O) groups is 1. The molecular formula is C23H25N3O3. The van der Waals surface area contributed by atoms with Crippen LogP contribution in [0.3, 0.4) is 0 Å². The fraction of sp³-hybridized carbons (Fsp3) is 0.217. The average Bonchev–Trinajstić information content (AvgIpc) is 2.75. The molecule has 0 heterocycles. The van der Waals surface area contributed by atoms with Crippen molar-refractivity contribution in [1.82, 2.24) is 5.32 Å². The van der Waals surface area contributed by atoms with Crippen molar-refractivity contribution >= 4 is 17.7 Å². The van der Waals surface area contributed by atoms with Gasteiger partial charge in [0, 0.05) is 26.3 Å². The Hall–Kier alpha value is -3.72. The van der Waals surface area contributed by atoms with Crippen LogP contribution >= 0.6 is 0 Å². The van der Waals surface area contributed by atoms with Crippen molar-refractivity contribution < 1.29 is 14.3 Å². The summed E-state index contributed by atoms with van der Waals surface area (Å²) in [6.07, 6.45) is 5.04. The van der Waals surface area contributed by atoms with Crippen molar-refractivity contribution in [1.29, 1.82) is 5.26 Å². The Labute approximate surface area is 171 Å². The maximum Gasteiger partial charge on any atom is 0.262 e. The topological polar surface area (TPSA) is 74.6 Å². The van der Waals surface area contributed by atoms with E-state index in [0.717, 1.165) is 16.8 Å². The minimum atomic E-state index is -0.435. The van der Waals surface area contributed by atoms with Gasteiger partial charge in [0.1, 0.15) is 11.6 Å². The van der Waals surface area contributed by atoms with Crippen LogP contribution in [0.5, 0.6) is 11.5 Å². The Bertz CT molecular complexity index is 939. The van der Waals surface area contributed by atoms with Crippen LogP contribution in [0.4, 0.5) is 5.69 Å². The number of rotatable bonds is 8. The third-order valence-corrected chi connectivity index (χ3v) is 4.23. The van der Waals surface area contributed by atoms with Crippen LogP contribution < -0.4 is 19.7 Å². The highest BCUT2D eigenvalue weighted by molar-refractivity contribution is 5.97. The first-order valence-electron chi connectivity index (χ1n) is 9.03. The molecule has 150 valence electrons. The minimum Gasteiger partial charge on any atom is -0.493 e. The molecule has 2 rings (SSSR count). The summed E-state index contributed by atoms with van der Waals surface area (Å²) in [5.41, 5.74) is 2.95. The summed E-state index contributed by atoms with van der Waals surface area (Å²) in [5, 5.41) is 12.0. The largest absolute Gasteiger partial charge is 0.493 e. The fourth-order valence-electron chi connectivity index (χ4n) is 2.57. The van der Waals surface area contributed by atoms with E-state index in [2.05, 4.69) is 5.32 Å². The second-order valence-corrected chi connectivity index (χ2v) is 6.41. The van der Waals surface area contributed by atoms with Crippen molar-refractivity contribution in [2.45, 2.75) is 6.54 Å². The number of allylic oxidation sites excluding steroid dienone is 2. The van der Waals surface area contributed by atoms with E-state index in [1.165, 1.54) is 6.08 Å². The highest BCUT2D eigenvalue weighted by atomic mass is 16.5. The summed E-state index contributed by atoms with van der Waals surface area (Å²) in [6.45, 7) is 0.272. The SMILES string of the molecule is COc1ccc(CNC(=O)/C(C#N)=C/C=C/c2ccc(N(C)C)cc2)cc1OC. The summed E-state index contributed by atoms with van der Waals surface area (Å²) in [6, 6.07) is 15.3. The van der Waals surface area contributed by atoms with Gasteiger partial charge in [-0.2, -0.15) is 5.26 Å². The Morgan fingerprint density at radius 2 is 1.79 bits per heavy atom. The Kier molecular flexibility index (Phi) is 7.87. The van der Waals surface area contributed by atoms with Crippen molar-refractivity contribution in [2.24, 2.45) is 0 Å². The van der Waals surface area contributed by atoms with Crippen LogP contribution in [0.2, 0.25) is 0 Å². The molecule has 29 heavy (non-hydrogen) atoms. The molecule has 0 spiro atoms. The van der Waals surface area contributed by atoms with Crippen LogP contribution in [0.25, 0.3) is 6.08 Å². The second-order valence-electron chi connectivity index (χ2n) is 6.41. The summed E-state index contributed by atoms with van der Waals surface area (Å²) in [4.78, 5) is 14.3. The first-order valence-corrected chi connectivity index (χ1v) is 9.03. The standard InChI is InChI=1S/C23H25N3O3/c1-26(2)20-11-8-17(9-12-20)6-5-7-19(15-24)23(27)25-16-18-10-13-21(28-3)22(14-18)29-4/h5-14H,16H2,1-4H3,(H,25,27)/b6-5+,19-7+. The number of carbonyl (C=O) groups excluding carboxylic acids is 1. The highest BCUT2D eigenvalue weighted by Gasteiger charge is 2.09. The predicted molar refractivity (Wildman–Crippen MR) is 115 cm³/mol. The molecule has 0 saturated heterocycles. The monoisotopic (exact) mass is 391 g/mol. The van der Waals surface area contributed by atoms with Crippen molar-refractivity contribution in [3.63, 3.8) is 0 Å². The van der Waals surface area contributed by atoms with Crippen LogP contribution in [0.1, 0.15) is 11.1 Å². The number of nitrogens with zero attached hydrogens (tertiary/aromatic N) is 2. The van der Waals surface area contributed by atoms with Gasteiger partial charge in [0.05, 0.1) is 14.2 Å². The summed E-state index contributed by atoms with van der Waals surface area (Å²) in [5.74, 6) is 0.761. The van der Waals surface area contributed by atoms with Gasteiger partial charge in [-0.25, -0.2) is 0 Å². The zero-order valence-corrected chi connectivity index (χ0v) is 17.1. The van der Waals surface area contributed by atoms with Crippen LogP contribution in [0.15, 0.2) is 60.2 Å². The smallest absolute Gasteiger partial charge is 0.262 e. The van der Waals surface area contributed by atoms with E-state index < -0.39 is 5.91 Å². The van der Waals surface area contributed by atoms with Crippen LogP contribution in [0, 0.1) is 11.3 Å². The normalized spacial score (nSPS) is 11.1. The van der Waals surface area contributed by atoms with Crippen molar-refractivity contribution in [2.75, 3.05) is 33.2 Å². The number of amides is 1. The molecule has 0 bridgehead atoms. The molecular weight excluding hydrogens is 366 g/mol. The average molecular weight is 391 g/mol. The van der Waals surface area contributed by atoms with Gasteiger partial charge in [0.25, 0.3) is 5.91 Å². The quantitative estimate of drug-likeness (QED) is 0.423. The number of nitrogens with one attached hydrogen (secondary N) is 1. The lowest BCUT2D eigenvalue weighted by Crippen LogP contribution is -2.24. The highest BCUT2D eigenvalue weighted by Crippen LogP contribution is 2.27. The number of ether oxygens (including phenoxy) is 2. The Morgan fingerprint density at radius 3 is 2.38 bits per heavy atom. The molecule has 0 aliphatic heterocycles. The first kappa shape index (κ1) is 21.6. The molecule has 0 fully saturated rings. The number of nitriles is 1. The molecule has 0 unspecified atom stereocenters. The van der Waals surface area contributed by atoms with E-state index >= 15 is 0 Å². The molecule has 0 saturated carbocycles. The lowest BCUT2D eigenvalue weighted by Gasteiger charge is -2.11. The molecule has 2 aromatic carbocycles. The number of benzene rings is 2. The third-order valence-electron chi connectivity index (χ3n) is 4.23. The van der Waals surface area contributed by atoms with E-state index in [9.17, 15) is 10.1 Å². The molecule has 0 aliphatic rings.